The Balaban J connectivity index is 4.12. The Morgan fingerprint density at radius 2 is 2.23 bits per heavy atom. The molecule has 1 atom stereocenters. The van der Waals surface area contributed by atoms with Crippen molar-refractivity contribution in [3.05, 3.63) is 0 Å². The Bertz CT molecular complexity index is 197. The second kappa shape index (κ2) is 5.75. The highest BCUT2D eigenvalue weighted by atomic mass is 32.1. The van der Waals surface area contributed by atoms with Gasteiger partial charge in [-0.1, -0.05) is 19.1 Å². The fourth-order valence-corrected chi connectivity index (χ4v) is 0.957. The first-order valence-corrected chi connectivity index (χ1v) is 4.55. The highest BCUT2D eigenvalue weighted by Crippen LogP contribution is 2.01. The van der Waals surface area contributed by atoms with Gasteiger partial charge in [-0.3, -0.25) is 0 Å². The van der Waals surface area contributed by atoms with Crippen LogP contribution in [0.15, 0.2) is 0 Å². The third-order valence-corrected chi connectivity index (χ3v) is 2.20. The highest BCUT2D eigenvalue weighted by molar-refractivity contribution is 7.80. The lowest BCUT2D eigenvalue weighted by Gasteiger charge is -2.22. The molecule has 0 aliphatic carbocycles. The van der Waals surface area contributed by atoms with Gasteiger partial charge in [-0.2, -0.15) is 0 Å². The maximum absolute atomic E-state index is 11.1. The van der Waals surface area contributed by atoms with Gasteiger partial charge in [0.1, 0.15) is 0 Å². The minimum absolute atomic E-state index is 0.0223. The van der Waals surface area contributed by atoms with Crippen molar-refractivity contribution < 1.29 is 9.53 Å². The maximum Gasteiger partial charge on any atom is 0.409 e. The molecule has 1 unspecified atom stereocenters. The van der Waals surface area contributed by atoms with Crippen LogP contribution in [0.1, 0.15) is 13.8 Å². The average molecular weight is 204 g/mol. The Morgan fingerprint density at radius 3 is 2.54 bits per heavy atom. The summed E-state index contributed by atoms with van der Waals surface area (Å²) in [6, 6.07) is 0. The summed E-state index contributed by atoms with van der Waals surface area (Å²) in [6.45, 7) is 4.87. The number of hydrogen-bond acceptors (Lipinski definition) is 3. The third kappa shape index (κ3) is 4.07. The topological polar surface area (TPSA) is 55.6 Å². The maximum atomic E-state index is 11.1. The fraction of sp³-hybridized carbons (Fsp3) is 0.750. The lowest BCUT2D eigenvalue weighted by atomic mass is 10.2. The molecule has 0 aromatic rings. The van der Waals surface area contributed by atoms with Crippen LogP contribution in [-0.2, 0) is 4.74 Å². The molecule has 0 fully saturated rings. The number of ether oxygens (including phenoxy) is 1. The first-order valence-electron chi connectivity index (χ1n) is 4.15. The molecule has 0 saturated heterocycles. The van der Waals surface area contributed by atoms with Gasteiger partial charge in [0, 0.05) is 19.0 Å². The quantitative estimate of drug-likeness (QED) is 0.694. The molecule has 0 bridgehead atoms. The first-order chi connectivity index (χ1) is 6.02. The molecule has 4 nitrogen and oxygen atoms in total. The molecule has 0 radical (unpaired) electrons. The van der Waals surface area contributed by atoms with E-state index in [1.165, 1.54) is 7.11 Å². The first kappa shape index (κ1) is 12.2. The molecule has 0 saturated carbocycles. The van der Waals surface area contributed by atoms with E-state index in [0.29, 0.717) is 18.1 Å². The molecule has 0 rings (SSSR count). The summed E-state index contributed by atoms with van der Waals surface area (Å²) in [5.41, 5.74) is 5.43. The summed E-state index contributed by atoms with van der Waals surface area (Å²) < 4.78 is 4.59. The second-order valence-electron chi connectivity index (χ2n) is 2.81. The Hall–Kier alpha value is -0.840. The van der Waals surface area contributed by atoms with Crippen LogP contribution in [0.3, 0.4) is 0 Å². The third-order valence-electron chi connectivity index (χ3n) is 1.79. The van der Waals surface area contributed by atoms with Gasteiger partial charge in [-0.15, -0.1) is 0 Å². The van der Waals surface area contributed by atoms with Crippen molar-refractivity contribution in [1.29, 1.82) is 0 Å². The molecule has 0 aromatic carbocycles. The number of nitrogens with two attached hydrogens (primary N) is 1. The van der Waals surface area contributed by atoms with Crippen LogP contribution in [0, 0.1) is 5.92 Å². The molecule has 13 heavy (non-hydrogen) atoms. The monoisotopic (exact) mass is 204 g/mol. The Kier molecular flexibility index (Phi) is 5.37. The number of amides is 1. The van der Waals surface area contributed by atoms with E-state index in [9.17, 15) is 4.79 Å². The van der Waals surface area contributed by atoms with Crippen molar-refractivity contribution in [1.82, 2.24) is 4.90 Å². The van der Waals surface area contributed by atoms with Crippen LogP contribution < -0.4 is 5.73 Å². The van der Waals surface area contributed by atoms with E-state index in [1.807, 2.05) is 13.8 Å². The molecular weight excluding hydrogens is 188 g/mol. The van der Waals surface area contributed by atoms with E-state index in [-0.39, 0.29) is 12.0 Å². The van der Waals surface area contributed by atoms with Crippen LogP contribution in [-0.4, -0.2) is 36.2 Å². The summed E-state index contributed by atoms with van der Waals surface area (Å²) in [5.74, 6) is 0.0223. The normalized spacial score (nSPS) is 11.9. The molecule has 76 valence electrons. The molecule has 1 amide bonds. The van der Waals surface area contributed by atoms with Gasteiger partial charge < -0.3 is 15.4 Å². The molecule has 0 spiro atoms. The van der Waals surface area contributed by atoms with Crippen LogP contribution in [0.5, 0.6) is 0 Å². The van der Waals surface area contributed by atoms with Crippen molar-refractivity contribution >= 4 is 23.3 Å². The summed E-state index contributed by atoms with van der Waals surface area (Å²) in [4.78, 5) is 13.1. The van der Waals surface area contributed by atoms with E-state index in [0.717, 1.165) is 0 Å². The molecule has 0 aliphatic rings. The lowest BCUT2D eigenvalue weighted by Crippen LogP contribution is -2.37. The Morgan fingerprint density at radius 1 is 1.69 bits per heavy atom. The van der Waals surface area contributed by atoms with Gasteiger partial charge in [0.2, 0.25) is 0 Å². The fourth-order valence-electron chi connectivity index (χ4n) is 0.882. The van der Waals surface area contributed by atoms with E-state index in [2.05, 4.69) is 4.74 Å². The highest BCUT2D eigenvalue weighted by Gasteiger charge is 2.16. The lowest BCUT2D eigenvalue weighted by molar-refractivity contribution is 0.123. The van der Waals surface area contributed by atoms with Gasteiger partial charge in [0.05, 0.1) is 12.1 Å². The standard InChI is InChI=1S/C8H16N2O2S/c1-4-10(8(11)12-3)5-6(2)7(9)13/h6H,4-5H2,1-3H3,(H2,9,13). The van der Waals surface area contributed by atoms with Crippen molar-refractivity contribution in [2.45, 2.75) is 13.8 Å². The molecule has 5 heteroatoms. The van der Waals surface area contributed by atoms with Gasteiger partial charge in [-0.25, -0.2) is 4.79 Å². The predicted octanol–water partition coefficient (Wildman–Crippen LogP) is 0.997. The summed E-state index contributed by atoms with van der Waals surface area (Å²) in [7, 11) is 1.36. The second-order valence-corrected chi connectivity index (χ2v) is 3.28. The zero-order chi connectivity index (χ0) is 10.4. The number of thiocarbonyl (C=S) groups is 1. The van der Waals surface area contributed by atoms with Crippen molar-refractivity contribution in [3.63, 3.8) is 0 Å². The number of rotatable bonds is 4. The summed E-state index contributed by atoms with van der Waals surface area (Å²) in [6.07, 6.45) is -0.342. The number of nitrogens with zero attached hydrogens (tertiary/aromatic N) is 1. The van der Waals surface area contributed by atoms with Gasteiger partial charge in [0.25, 0.3) is 0 Å². The molecule has 0 aromatic heterocycles. The van der Waals surface area contributed by atoms with Crippen LogP contribution in [0.25, 0.3) is 0 Å². The van der Waals surface area contributed by atoms with Crippen molar-refractivity contribution in [2.75, 3.05) is 20.2 Å². The molecule has 2 N–H and O–H groups in total. The van der Waals surface area contributed by atoms with Gasteiger partial charge in [0.15, 0.2) is 0 Å². The molecular formula is C8H16N2O2S. The van der Waals surface area contributed by atoms with Crippen LogP contribution in [0.2, 0.25) is 0 Å². The predicted molar refractivity (Wildman–Crippen MR) is 55.6 cm³/mol. The molecule has 0 aliphatic heterocycles. The van der Waals surface area contributed by atoms with Gasteiger partial charge in [-0.05, 0) is 6.92 Å². The number of carbonyl (C=O) groups excluding carboxylic acids is 1. The molecule has 0 heterocycles. The number of carbonyl (C=O) groups is 1. The van der Waals surface area contributed by atoms with Crippen molar-refractivity contribution in [3.8, 4) is 0 Å². The van der Waals surface area contributed by atoms with E-state index in [4.69, 9.17) is 18.0 Å². The zero-order valence-electron chi connectivity index (χ0n) is 8.24. The van der Waals surface area contributed by atoms with Crippen LogP contribution >= 0.6 is 12.2 Å². The SMILES string of the molecule is CCN(CC(C)C(N)=S)C(=O)OC. The van der Waals surface area contributed by atoms with E-state index < -0.39 is 0 Å². The van der Waals surface area contributed by atoms with E-state index >= 15 is 0 Å². The zero-order valence-corrected chi connectivity index (χ0v) is 9.06. The van der Waals surface area contributed by atoms with E-state index in [1.54, 1.807) is 4.90 Å². The summed E-state index contributed by atoms with van der Waals surface area (Å²) in [5, 5.41) is 0. The minimum atomic E-state index is -0.342. The summed E-state index contributed by atoms with van der Waals surface area (Å²) >= 11 is 4.81. The van der Waals surface area contributed by atoms with Gasteiger partial charge >= 0.3 is 6.09 Å². The number of hydrogen-bond donors (Lipinski definition) is 1. The van der Waals surface area contributed by atoms with Crippen LogP contribution in [0.4, 0.5) is 4.79 Å². The largest absolute Gasteiger partial charge is 0.453 e. The minimum Gasteiger partial charge on any atom is -0.453 e. The smallest absolute Gasteiger partial charge is 0.409 e. The van der Waals surface area contributed by atoms with Crippen molar-refractivity contribution in [2.24, 2.45) is 11.7 Å². The average Bonchev–Trinajstić information content (AvgIpc) is 2.12. The number of methoxy groups -OCH3 is 1. The Labute approximate surface area is 84.0 Å².